The number of aromatic nitrogens is 2. The molecule has 1 heterocycles. The molecule has 0 N–H and O–H groups in total. The number of carbonyl (C=O) groups is 1. The summed E-state index contributed by atoms with van der Waals surface area (Å²) in [6.45, 7) is 0. The molecule has 0 aliphatic heterocycles. The highest BCUT2D eigenvalue weighted by Gasteiger charge is 2.22. The zero-order valence-electron chi connectivity index (χ0n) is 15.3. The van der Waals surface area contributed by atoms with E-state index in [1.165, 1.54) is 21.3 Å². The first-order valence-corrected chi connectivity index (χ1v) is 7.89. The molecular formula is C19H20N2O5. The Hall–Kier alpha value is -3.22. The second kappa shape index (κ2) is 6.95. The maximum absolute atomic E-state index is 13.2. The molecule has 0 fully saturated rings. The van der Waals surface area contributed by atoms with Crippen molar-refractivity contribution < 1.29 is 23.7 Å². The molecule has 0 atom stereocenters. The molecule has 0 amide bonds. The number of nitrogens with zero attached hydrogens (tertiary/aromatic N) is 2. The van der Waals surface area contributed by atoms with Crippen molar-refractivity contribution in [1.82, 2.24) is 9.78 Å². The van der Waals surface area contributed by atoms with E-state index in [9.17, 15) is 4.79 Å². The maximum Gasteiger partial charge on any atom is 0.211 e. The van der Waals surface area contributed by atoms with Crippen LogP contribution in [0.2, 0.25) is 0 Å². The number of aryl methyl sites for hydroxylation is 1. The number of ketones is 1. The van der Waals surface area contributed by atoms with Crippen molar-refractivity contribution in [3.05, 3.63) is 41.6 Å². The van der Waals surface area contributed by atoms with Gasteiger partial charge in [0.1, 0.15) is 11.4 Å². The third kappa shape index (κ3) is 2.81. The van der Waals surface area contributed by atoms with Crippen molar-refractivity contribution in [2.75, 3.05) is 28.4 Å². The van der Waals surface area contributed by atoms with Gasteiger partial charge in [0.15, 0.2) is 11.5 Å². The number of ether oxygens (including phenoxy) is 4. The van der Waals surface area contributed by atoms with Gasteiger partial charge in [-0.15, -0.1) is 0 Å². The number of hydrogen-bond acceptors (Lipinski definition) is 6. The quantitative estimate of drug-likeness (QED) is 0.633. The molecule has 0 spiro atoms. The Bertz CT molecular complexity index is 952. The number of fused-ring (bicyclic) bond motifs is 1. The Morgan fingerprint density at radius 1 is 0.923 bits per heavy atom. The van der Waals surface area contributed by atoms with Crippen molar-refractivity contribution >= 4 is 16.7 Å². The average Bonchev–Trinajstić information content (AvgIpc) is 3.00. The molecule has 1 aromatic heterocycles. The zero-order valence-corrected chi connectivity index (χ0v) is 15.3. The molecule has 0 aliphatic rings. The van der Waals surface area contributed by atoms with Gasteiger partial charge >= 0.3 is 0 Å². The molecule has 7 heteroatoms. The van der Waals surface area contributed by atoms with Gasteiger partial charge in [-0.1, -0.05) is 0 Å². The molecule has 0 saturated carbocycles. The Kier molecular flexibility index (Phi) is 4.71. The smallest absolute Gasteiger partial charge is 0.211 e. The van der Waals surface area contributed by atoms with Crippen LogP contribution in [0.4, 0.5) is 0 Å². The van der Waals surface area contributed by atoms with Gasteiger partial charge in [-0.3, -0.25) is 9.48 Å². The van der Waals surface area contributed by atoms with Crippen LogP contribution >= 0.6 is 0 Å². The third-order valence-corrected chi connectivity index (χ3v) is 4.18. The van der Waals surface area contributed by atoms with E-state index >= 15 is 0 Å². The summed E-state index contributed by atoms with van der Waals surface area (Å²) in [5.74, 6) is 1.76. The minimum atomic E-state index is -0.195. The van der Waals surface area contributed by atoms with E-state index in [1.54, 1.807) is 43.1 Å². The fourth-order valence-electron chi connectivity index (χ4n) is 2.93. The number of methoxy groups -OCH3 is 4. The molecule has 26 heavy (non-hydrogen) atoms. The summed E-state index contributed by atoms with van der Waals surface area (Å²) >= 11 is 0. The van der Waals surface area contributed by atoms with Crippen molar-refractivity contribution in [3.8, 4) is 23.0 Å². The van der Waals surface area contributed by atoms with Crippen LogP contribution in [0.1, 0.15) is 16.1 Å². The summed E-state index contributed by atoms with van der Waals surface area (Å²) in [6.07, 6.45) is 0. The fraction of sp³-hybridized carbons (Fsp3) is 0.263. The summed E-state index contributed by atoms with van der Waals surface area (Å²) in [5.41, 5.74) is 1.57. The molecule has 2 aromatic carbocycles. The van der Waals surface area contributed by atoms with Gasteiger partial charge in [-0.25, -0.2) is 0 Å². The van der Waals surface area contributed by atoms with Crippen molar-refractivity contribution in [3.63, 3.8) is 0 Å². The number of rotatable bonds is 6. The van der Waals surface area contributed by atoms with Gasteiger partial charge in [0.05, 0.1) is 34.0 Å². The Morgan fingerprint density at radius 2 is 1.58 bits per heavy atom. The molecule has 0 bridgehead atoms. The van der Waals surface area contributed by atoms with Gasteiger partial charge in [0, 0.05) is 24.1 Å². The zero-order chi connectivity index (χ0) is 18.8. The maximum atomic E-state index is 13.2. The van der Waals surface area contributed by atoms with Crippen LogP contribution in [0.5, 0.6) is 23.0 Å². The lowest BCUT2D eigenvalue weighted by Crippen LogP contribution is -2.09. The van der Waals surface area contributed by atoms with Gasteiger partial charge in [0.25, 0.3) is 0 Å². The molecule has 0 aliphatic carbocycles. The highest BCUT2D eigenvalue weighted by Crippen LogP contribution is 2.39. The predicted molar refractivity (Wildman–Crippen MR) is 96.8 cm³/mol. The lowest BCUT2D eigenvalue weighted by molar-refractivity contribution is 0.103. The van der Waals surface area contributed by atoms with Crippen LogP contribution in [-0.2, 0) is 7.05 Å². The van der Waals surface area contributed by atoms with E-state index in [-0.39, 0.29) is 5.78 Å². The molecule has 136 valence electrons. The van der Waals surface area contributed by atoms with Crippen molar-refractivity contribution in [1.29, 1.82) is 0 Å². The first-order chi connectivity index (χ1) is 12.5. The highest BCUT2D eigenvalue weighted by molar-refractivity contribution is 6.15. The van der Waals surface area contributed by atoms with E-state index in [0.717, 1.165) is 5.39 Å². The van der Waals surface area contributed by atoms with Crippen molar-refractivity contribution in [2.45, 2.75) is 0 Å². The molecular weight excluding hydrogens is 336 g/mol. The van der Waals surface area contributed by atoms with E-state index in [4.69, 9.17) is 18.9 Å². The average molecular weight is 356 g/mol. The van der Waals surface area contributed by atoms with Gasteiger partial charge < -0.3 is 18.9 Å². The van der Waals surface area contributed by atoms with E-state index in [1.807, 2.05) is 6.07 Å². The monoisotopic (exact) mass is 356 g/mol. The van der Waals surface area contributed by atoms with E-state index in [0.29, 0.717) is 39.8 Å². The number of hydrogen-bond donors (Lipinski definition) is 0. The van der Waals surface area contributed by atoms with Crippen LogP contribution in [0, 0.1) is 0 Å². The summed E-state index contributed by atoms with van der Waals surface area (Å²) in [4.78, 5) is 13.2. The molecule has 0 unspecified atom stereocenters. The molecule has 0 saturated heterocycles. The minimum Gasteiger partial charge on any atom is -0.497 e. The lowest BCUT2D eigenvalue weighted by Gasteiger charge is -2.13. The first kappa shape index (κ1) is 17.6. The topological polar surface area (TPSA) is 71.8 Å². The van der Waals surface area contributed by atoms with Crippen molar-refractivity contribution in [2.24, 2.45) is 7.05 Å². The van der Waals surface area contributed by atoms with Crippen LogP contribution in [0.3, 0.4) is 0 Å². The third-order valence-electron chi connectivity index (χ3n) is 4.18. The lowest BCUT2D eigenvalue weighted by atomic mass is 10.0. The van der Waals surface area contributed by atoms with Gasteiger partial charge in [0.2, 0.25) is 11.5 Å². The van der Waals surface area contributed by atoms with Gasteiger partial charge in [-0.05, 0) is 24.3 Å². The highest BCUT2D eigenvalue weighted by atomic mass is 16.5. The SMILES string of the molecule is COc1ccc2c(C(=O)c3cc(OC)c(OC)c(OC)c3)n(C)nc2c1. The van der Waals surface area contributed by atoms with Crippen LogP contribution in [-0.4, -0.2) is 44.0 Å². The van der Waals surface area contributed by atoms with E-state index in [2.05, 4.69) is 5.10 Å². The first-order valence-electron chi connectivity index (χ1n) is 7.89. The normalized spacial score (nSPS) is 10.7. The second-order valence-corrected chi connectivity index (χ2v) is 5.60. The predicted octanol–water partition coefficient (Wildman–Crippen LogP) is 2.84. The fourth-order valence-corrected chi connectivity index (χ4v) is 2.93. The van der Waals surface area contributed by atoms with Crippen LogP contribution in [0.15, 0.2) is 30.3 Å². The second-order valence-electron chi connectivity index (χ2n) is 5.60. The summed E-state index contributed by atoms with van der Waals surface area (Å²) in [7, 11) is 7.86. The number of benzene rings is 2. The summed E-state index contributed by atoms with van der Waals surface area (Å²) in [6, 6.07) is 8.68. The Balaban J connectivity index is 2.15. The summed E-state index contributed by atoms with van der Waals surface area (Å²) in [5, 5.41) is 5.16. The Morgan fingerprint density at radius 3 is 2.12 bits per heavy atom. The summed E-state index contributed by atoms with van der Waals surface area (Å²) < 4.78 is 22.8. The minimum absolute atomic E-state index is 0.195. The van der Waals surface area contributed by atoms with Crippen LogP contribution < -0.4 is 18.9 Å². The standard InChI is InChI=1S/C19H20N2O5/c1-21-17(13-7-6-12(23-2)10-14(13)20-21)18(22)11-8-15(24-3)19(26-5)16(9-11)25-4/h6-10H,1-5H3. The molecule has 0 radical (unpaired) electrons. The molecule has 3 rings (SSSR count). The van der Waals surface area contributed by atoms with E-state index < -0.39 is 0 Å². The largest absolute Gasteiger partial charge is 0.497 e. The van der Waals surface area contributed by atoms with Crippen LogP contribution in [0.25, 0.3) is 10.9 Å². The number of carbonyl (C=O) groups excluding carboxylic acids is 1. The molecule has 3 aromatic rings. The van der Waals surface area contributed by atoms with Gasteiger partial charge in [-0.2, -0.15) is 5.10 Å². The molecule has 7 nitrogen and oxygen atoms in total. The Labute approximate surface area is 151 Å².